The number of carbonyl (C=O) groups is 9. The lowest BCUT2D eigenvalue weighted by molar-refractivity contribution is -0.204. The quantitative estimate of drug-likeness (QED) is 0.00343. The number of likely N-dealkylation sites (N-methyl/N-ethyl adjacent to an activating group) is 1. The molecule has 1 spiro atoms. The lowest BCUT2D eigenvalue weighted by Gasteiger charge is -2.63. The van der Waals surface area contributed by atoms with Gasteiger partial charge in [-0.2, -0.15) is 0 Å². The number of aliphatic hydroxyl groups is 3. The maximum atomic E-state index is 15.3. The monoisotopic (exact) mass is 1670 g/mol. The van der Waals surface area contributed by atoms with Gasteiger partial charge in [0, 0.05) is 145 Å². The number of Topliss-reactive ketones (excluding diaryl/α,β-unsaturated/α-hetero) is 3. The maximum Gasteiger partial charge on any atom is 0.439 e. The molecule has 13 atom stereocenters. The Morgan fingerprint density at radius 3 is 2.38 bits per heavy atom. The third-order valence-corrected chi connectivity index (χ3v) is 26.2. The molecule has 636 valence electrons. The predicted molar refractivity (Wildman–Crippen MR) is 450 cm³/mol. The van der Waals surface area contributed by atoms with Gasteiger partial charge in [-0.25, -0.2) is 15.2 Å². The van der Waals surface area contributed by atoms with Gasteiger partial charge in [0.2, 0.25) is 11.8 Å². The van der Waals surface area contributed by atoms with Crippen LogP contribution >= 0.6 is 21.9 Å². The van der Waals surface area contributed by atoms with Crippen LogP contribution in [0.25, 0.3) is 21.9 Å². The van der Waals surface area contributed by atoms with Crippen molar-refractivity contribution in [3.8, 4) is 5.75 Å². The van der Waals surface area contributed by atoms with Gasteiger partial charge in [-0.1, -0.05) is 75.8 Å². The molecule has 3 aromatic carbocycles. The Morgan fingerprint density at radius 1 is 0.898 bits per heavy atom. The number of amides is 5. The van der Waals surface area contributed by atoms with E-state index in [4.69, 9.17) is 30.9 Å². The minimum absolute atomic E-state index is 0.0155. The molecule has 0 radical (unpaired) electrons. The molecule has 1 saturated carbocycles. The largest absolute Gasteiger partial charge is 0.496 e. The molecule has 2 saturated heterocycles. The summed E-state index contributed by atoms with van der Waals surface area (Å²) in [7, 11) is 4.45. The highest BCUT2D eigenvalue weighted by Crippen LogP contribution is 2.68. The molecule has 5 aliphatic rings. The highest BCUT2D eigenvalue weighted by atomic mass is 33.1. The number of hydrogen-bond donors (Lipinski definition) is 15. The van der Waals surface area contributed by atoms with Crippen molar-refractivity contribution in [3.63, 3.8) is 0 Å². The van der Waals surface area contributed by atoms with E-state index in [1.165, 1.54) is 26.1 Å². The minimum Gasteiger partial charge on any atom is -0.496 e. The molecule has 3 aromatic heterocycles. The molecule has 4 aliphatic heterocycles. The van der Waals surface area contributed by atoms with Crippen LogP contribution in [0.2, 0.25) is 0 Å². The smallest absolute Gasteiger partial charge is 0.439 e. The Bertz CT molecular complexity index is 4830. The number of aliphatic hydroxyl groups excluding tert-OH is 1. The van der Waals surface area contributed by atoms with Crippen LogP contribution in [0.1, 0.15) is 163 Å². The van der Waals surface area contributed by atoms with Gasteiger partial charge in [-0.3, -0.25) is 63.5 Å². The second-order valence-electron chi connectivity index (χ2n) is 32.0. The van der Waals surface area contributed by atoms with E-state index in [0.29, 0.717) is 140 Å². The topological polar surface area (TPSA) is 498 Å². The number of anilines is 3. The molecule has 11 rings (SSSR count). The second kappa shape index (κ2) is 38.3. The molecule has 7 heterocycles. The first-order valence-corrected chi connectivity index (χ1v) is 42.6. The van der Waals surface area contributed by atoms with E-state index in [1.54, 1.807) is 45.3 Å². The zero-order valence-corrected chi connectivity index (χ0v) is 69.6. The van der Waals surface area contributed by atoms with Crippen LogP contribution in [0.5, 0.6) is 5.75 Å². The fourth-order valence-electron chi connectivity index (χ4n) is 18.6. The number of nitrogen functional groups attached to an aromatic ring is 1. The van der Waals surface area contributed by atoms with Gasteiger partial charge in [0.15, 0.2) is 28.6 Å². The van der Waals surface area contributed by atoms with Gasteiger partial charge in [0.05, 0.1) is 60.2 Å². The predicted octanol–water partition coefficient (Wildman–Crippen LogP) is 5.21. The van der Waals surface area contributed by atoms with Crippen molar-refractivity contribution in [3.05, 3.63) is 129 Å². The summed E-state index contributed by atoms with van der Waals surface area (Å²) in [4.78, 5) is 157. The number of para-hydroxylation sites is 1. The number of carbonyl (C=O) groups excluding carboxylic acids is 9. The summed E-state index contributed by atoms with van der Waals surface area (Å²) in [5.74, 6) is -4.74. The van der Waals surface area contributed by atoms with Crippen LogP contribution in [0, 0.1) is 23.2 Å². The van der Waals surface area contributed by atoms with E-state index in [2.05, 4.69) is 86.3 Å². The summed E-state index contributed by atoms with van der Waals surface area (Å²) in [6, 6.07) is 16.6. The molecule has 118 heavy (non-hydrogen) atoms. The van der Waals surface area contributed by atoms with Crippen LogP contribution in [-0.4, -0.2) is 207 Å². The van der Waals surface area contributed by atoms with Crippen molar-refractivity contribution >= 4 is 121 Å². The molecule has 1 unspecified atom stereocenters. The number of H-pyrrole nitrogens is 2. The fraction of sp³-hybridized carbons (Fsp3) is 0.530. The molecular formula is C83H111N17O16S2. The van der Waals surface area contributed by atoms with E-state index >= 15 is 4.79 Å². The number of fused-ring (bicyclic) bond motifs is 3. The van der Waals surface area contributed by atoms with Crippen LogP contribution in [0.15, 0.2) is 94.9 Å². The molecule has 1 aliphatic carbocycles. The Balaban J connectivity index is 0.653. The molecule has 0 bridgehead atoms. The van der Waals surface area contributed by atoms with E-state index < -0.39 is 105 Å². The van der Waals surface area contributed by atoms with Crippen molar-refractivity contribution < 1.29 is 72.1 Å². The number of aliphatic imine (C=N–C) groups is 1. The lowest BCUT2D eigenvalue weighted by atomic mass is 9.47. The number of nitrogens with two attached hydrogens (primary N) is 3. The van der Waals surface area contributed by atoms with Gasteiger partial charge in [-0.05, 0) is 138 Å². The van der Waals surface area contributed by atoms with Gasteiger partial charge in [-0.15, -0.1) is 0 Å². The van der Waals surface area contributed by atoms with E-state index in [1.807, 2.05) is 55.2 Å². The van der Waals surface area contributed by atoms with Crippen LogP contribution in [0.3, 0.4) is 0 Å². The Kier molecular flexibility index (Phi) is 28.7. The summed E-state index contributed by atoms with van der Waals surface area (Å²) < 4.78 is 17.9. The van der Waals surface area contributed by atoms with E-state index in [9.17, 15) is 58.5 Å². The average molecular weight is 1670 g/mol. The zero-order valence-electron chi connectivity index (χ0n) is 68.0. The number of pyridine rings is 1. The normalized spacial score (nSPS) is 23.2. The fourth-order valence-corrected chi connectivity index (χ4v) is 20.0. The van der Waals surface area contributed by atoms with Crippen molar-refractivity contribution in [2.75, 3.05) is 81.7 Å². The lowest BCUT2D eigenvalue weighted by Crippen LogP contribution is -2.82. The molecular weight excluding hydrogens is 1560 g/mol. The molecule has 5 amide bonds. The van der Waals surface area contributed by atoms with E-state index in [0.717, 1.165) is 38.5 Å². The summed E-state index contributed by atoms with van der Waals surface area (Å²) in [5.41, 5.74) is 20.9. The third kappa shape index (κ3) is 18.6. The number of nitrogens with one attached hydrogen (secondary N) is 9. The van der Waals surface area contributed by atoms with Gasteiger partial charge < -0.3 is 87.6 Å². The van der Waals surface area contributed by atoms with Crippen LogP contribution in [-0.2, 0) is 66.3 Å². The Labute approximate surface area is 692 Å². The number of benzene rings is 3. The number of hydrazine groups is 1. The second-order valence-corrected chi connectivity index (χ2v) is 34.1. The highest BCUT2D eigenvalue weighted by molar-refractivity contribution is 8.75. The van der Waals surface area contributed by atoms with Crippen molar-refractivity contribution in [1.82, 2.24) is 57.0 Å². The van der Waals surface area contributed by atoms with Crippen molar-refractivity contribution in [2.45, 2.75) is 190 Å². The summed E-state index contributed by atoms with van der Waals surface area (Å²) in [5, 5.41) is 54.5. The molecule has 35 heteroatoms. The SMILES string of the molecule is CCc1c([C@](COC=O)(C[C@@H]2CNCC(O)(CC)C2)c2cc3c(cc2OC)N(C)[C@H]2[C@](O)(C(=O)NNC(=O)OSSCCCC(=O)[C@H](C)NC(=O)[C@H](C)CC(=O)[C@H](CCCN=C(N)N)NC(=O)[C@H](C)CC(=O)CCCNC(=O)c4ccc(NCc5cnc6cc(N)[nH]c(=O)c6n5)cc4)[C@H](O)[C@]4(CC)C=CCN5CC[C@]32[C@@H]54)[nH]c2ccccc12. The number of rotatable bonds is 40. The minimum atomic E-state index is -2.62. The number of methoxy groups -OCH3 is 1. The standard InChI is InChI=1S/C83H111N17O16S2/c1-9-55-56-19-12-13-20-59(56)94-68(55)81(45-115-46-101,40-50-39-79(112,10-2)44-87-41-50)58-36-57-62(38-65(58)114-8)99(7)74-82(57)28-32-100-31-17-27-80(11-3,73(82)100)75(109)83(74,113)76(110)97-98-78(111)116-118-117-33-16-22-63(103)49(6)92-69(105)48(5)35-64(104)60(21-15-30-89-77(85)86)95-70(106)47(4)34-54(102)18-14-29-88-71(107)51-23-25-52(26-24-51)90-42-53-43-91-61-37-66(84)96-72(108)67(61)93-53/h12-13,17,19-20,23-27,36-38,43,46-50,60,73-75,87,90,94,109,112-113H,9-11,14-16,18,21-22,28-35,39-42,44-45H2,1-8H3,(H,88,107)(H,92,105)(H,95,106)(H,97,110)(H,98,111)(H3,84,96,108)(H4,85,86,89)/t47-,48-,49+,50-,60+,73+,74-,75-,79?,80-,81+,82-,83-/m1/s1. The van der Waals surface area contributed by atoms with Crippen LogP contribution in [0.4, 0.5) is 22.0 Å². The maximum absolute atomic E-state index is 15.3. The number of aromatic amines is 2. The molecule has 18 N–H and O–H groups in total. The van der Waals surface area contributed by atoms with Crippen molar-refractivity contribution in [1.29, 1.82) is 0 Å². The molecule has 3 fully saturated rings. The van der Waals surface area contributed by atoms with Gasteiger partial charge in [0.25, 0.3) is 23.8 Å². The van der Waals surface area contributed by atoms with Crippen LogP contribution < -0.4 is 69.8 Å². The third-order valence-electron chi connectivity index (χ3n) is 24.4. The van der Waals surface area contributed by atoms with E-state index in [-0.39, 0.29) is 105 Å². The number of piperidine rings is 1. The average Bonchev–Trinajstić information content (AvgIpc) is 1.47. The van der Waals surface area contributed by atoms with Gasteiger partial charge in [0.1, 0.15) is 41.1 Å². The molecule has 6 aromatic rings. The zero-order chi connectivity index (χ0) is 85.0. The van der Waals surface area contributed by atoms with Crippen molar-refractivity contribution in [2.24, 2.45) is 39.6 Å². The molecule has 33 nitrogen and oxygen atoms in total. The summed E-state index contributed by atoms with van der Waals surface area (Å²) in [6.07, 6.45) is 5.97. The van der Waals surface area contributed by atoms with Gasteiger partial charge >= 0.3 is 6.09 Å². The first-order valence-electron chi connectivity index (χ1n) is 40.4. The first kappa shape index (κ1) is 88.6. The highest BCUT2D eigenvalue weighted by Gasteiger charge is 2.79. The number of ether oxygens (including phenoxy) is 2. The Morgan fingerprint density at radius 2 is 1.65 bits per heavy atom. The number of β-amino-alcohol motifs (C(OH)–C–C–N with tert-alkyl or cyclic N) is 1. The summed E-state index contributed by atoms with van der Waals surface area (Å²) >= 11 is 0.676. The number of aryl methyl sites for hydroxylation is 1. The number of nitrogens with zero attached hydrogens (tertiary/aromatic N) is 5. The number of hydrogen-bond acceptors (Lipinski definition) is 26. The number of guanidine groups is 1. The first-order chi connectivity index (χ1) is 56.4. The number of aromatic nitrogens is 4. The number of ketones is 3. The summed E-state index contributed by atoms with van der Waals surface area (Å²) in [6.45, 7) is 13.6. The Hall–Kier alpha value is -10.2.